The molecule has 0 fully saturated rings. The molecule has 0 atom stereocenters. The molecule has 6 heteroatoms. The molecule has 0 aromatic rings. The summed E-state index contributed by atoms with van der Waals surface area (Å²) in [5.74, 6) is -0.0625. The van der Waals surface area contributed by atoms with E-state index in [-0.39, 0.29) is 12.5 Å². The van der Waals surface area contributed by atoms with E-state index in [9.17, 15) is 4.79 Å². The first-order valence-corrected chi connectivity index (χ1v) is 3.47. The van der Waals surface area contributed by atoms with Gasteiger partial charge in [-0.25, -0.2) is 0 Å². The largest absolute Gasteiger partial charge is 0.427 e. The van der Waals surface area contributed by atoms with Crippen molar-refractivity contribution in [2.24, 2.45) is 5.73 Å². The van der Waals surface area contributed by atoms with Crippen LogP contribution in [0.1, 0.15) is 0 Å². The molecular formula is C5H14BN3O2. The van der Waals surface area contributed by atoms with Gasteiger partial charge in [-0.2, -0.15) is 0 Å². The standard InChI is InChI=1S/C5H14BN3O2/c1-11-6-9-4-5(10)8-3-2-7/h6,9H,2-4,7H2,1H3,(H,8,10). The van der Waals surface area contributed by atoms with Gasteiger partial charge in [0.25, 0.3) is 0 Å². The number of nitrogens with one attached hydrogen (secondary N) is 2. The number of hydrogen-bond donors (Lipinski definition) is 3. The van der Waals surface area contributed by atoms with Gasteiger partial charge in [0.15, 0.2) is 0 Å². The predicted molar refractivity (Wildman–Crippen MR) is 44.2 cm³/mol. The second kappa shape index (κ2) is 7.52. The quantitative estimate of drug-likeness (QED) is 0.297. The van der Waals surface area contributed by atoms with Crippen LogP contribution in [0.5, 0.6) is 0 Å². The molecule has 11 heavy (non-hydrogen) atoms. The van der Waals surface area contributed by atoms with E-state index in [0.717, 1.165) is 0 Å². The van der Waals surface area contributed by atoms with Crippen molar-refractivity contribution in [1.82, 2.24) is 10.5 Å². The maximum atomic E-state index is 10.8. The van der Waals surface area contributed by atoms with Crippen molar-refractivity contribution in [3.63, 3.8) is 0 Å². The Morgan fingerprint density at radius 1 is 1.73 bits per heavy atom. The van der Waals surface area contributed by atoms with Crippen LogP contribution in [-0.4, -0.2) is 40.3 Å². The molecule has 0 saturated heterocycles. The first-order valence-electron chi connectivity index (χ1n) is 3.47. The molecular weight excluding hydrogens is 145 g/mol. The summed E-state index contributed by atoms with van der Waals surface area (Å²) in [5, 5.41) is 5.38. The number of carbonyl (C=O) groups is 1. The molecule has 0 spiro atoms. The van der Waals surface area contributed by atoms with Crippen LogP contribution < -0.4 is 16.3 Å². The minimum Gasteiger partial charge on any atom is -0.427 e. The highest BCUT2D eigenvalue weighted by Crippen LogP contribution is 1.62. The first-order chi connectivity index (χ1) is 5.31. The van der Waals surface area contributed by atoms with Crippen LogP contribution in [0, 0.1) is 0 Å². The number of nitrogens with two attached hydrogens (primary N) is 1. The first kappa shape index (κ1) is 10.4. The Kier molecular flexibility index (Phi) is 7.12. The van der Waals surface area contributed by atoms with Crippen molar-refractivity contribution >= 4 is 13.5 Å². The fraction of sp³-hybridized carbons (Fsp3) is 0.800. The third-order valence-electron chi connectivity index (χ3n) is 0.998. The highest BCUT2D eigenvalue weighted by Gasteiger charge is 1.97. The zero-order valence-corrected chi connectivity index (χ0v) is 6.72. The zero-order chi connectivity index (χ0) is 8.53. The minimum absolute atomic E-state index is 0.0625. The Balaban J connectivity index is 3.09. The summed E-state index contributed by atoms with van der Waals surface area (Å²) < 4.78 is 4.68. The second-order valence-electron chi connectivity index (χ2n) is 2.00. The van der Waals surface area contributed by atoms with E-state index in [4.69, 9.17) is 5.73 Å². The van der Waals surface area contributed by atoms with E-state index < -0.39 is 0 Å². The lowest BCUT2D eigenvalue weighted by atomic mass is 10.3. The fourth-order valence-corrected chi connectivity index (χ4v) is 0.541. The van der Waals surface area contributed by atoms with Gasteiger partial charge >= 0.3 is 7.62 Å². The summed E-state index contributed by atoms with van der Waals surface area (Å²) in [6.45, 7) is 1.26. The molecule has 64 valence electrons. The molecule has 0 aliphatic carbocycles. The van der Waals surface area contributed by atoms with Gasteiger partial charge in [0.1, 0.15) is 0 Å². The summed E-state index contributed by atoms with van der Waals surface area (Å²) in [4.78, 5) is 10.8. The molecule has 4 N–H and O–H groups in total. The number of hydrogen-bond acceptors (Lipinski definition) is 4. The molecule has 0 rings (SSSR count). The monoisotopic (exact) mass is 159 g/mol. The smallest absolute Gasteiger partial charge is 0.360 e. The van der Waals surface area contributed by atoms with Gasteiger partial charge in [0, 0.05) is 20.2 Å². The highest BCUT2D eigenvalue weighted by atomic mass is 16.4. The lowest BCUT2D eigenvalue weighted by Crippen LogP contribution is -2.38. The molecule has 0 bridgehead atoms. The van der Waals surface area contributed by atoms with E-state index in [2.05, 4.69) is 15.2 Å². The topological polar surface area (TPSA) is 76.4 Å². The molecule has 0 aromatic carbocycles. The van der Waals surface area contributed by atoms with Crippen LogP contribution in [-0.2, 0) is 9.45 Å². The molecule has 0 aromatic heterocycles. The average Bonchev–Trinajstić information content (AvgIpc) is 2.01. The Hall–Kier alpha value is -0.585. The molecule has 0 heterocycles. The third-order valence-corrected chi connectivity index (χ3v) is 0.998. The van der Waals surface area contributed by atoms with E-state index in [0.29, 0.717) is 20.7 Å². The van der Waals surface area contributed by atoms with Crippen molar-refractivity contribution in [3.8, 4) is 0 Å². The van der Waals surface area contributed by atoms with E-state index in [1.165, 1.54) is 0 Å². The summed E-state index contributed by atoms with van der Waals surface area (Å²) in [5.41, 5.74) is 5.17. The van der Waals surface area contributed by atoms with Crippen LogP contribution in [0.2, 0.25) is 0 Å². The van der Waals surface area contributed by atoms with Crippen molar-refractivity contribution < 1.29 is 9.45 Å². The number of amides is 1. The zero-order valence-electron chi connectivity index (χ0n) is 6.72. The predicted octanol–water partition coefficient (Wildman–Crippen LogP) is -2.44. The molecule has 5 nitrogen and oxygen atoms in total. The number of rotatable bonds is 6. The molecule has 0 unspecified atom stereocenters. The molecule has 0 radical (unpaired) electrons. The minimum atomic E-state index is -0.0625. The van der Waals surface area contributed by atoms with Crippen LogP contribution in [0.4, 0.5) is 0 Å². The van der Waals surface area contributed by atoms with Crippen LogP contribution in [0.25, 0.3) is 0 Å². The van der Waals surface area contributed by atoms with Gasteiger partial charge in [-0.3, -0.25) is 4.79 Å². The normalized spacial score (nSPS) is 9.27. The lowest BCUT2D eigenvalue weighted by molar-refractivity contribution is -0.119. The molecule has 1 amide bonds. The van der Waals surface area contributed by atoms with Crippen LogP contribution in [0.3, 0.4) is 0 Å². The Morgan fingerprint density at radius 2 is 2.45 bits per heavy atom. The Morgan fingerprint density at radius 3 is 3.00 bits per heavy atom. The van der Waals surface area contributed by atoms with Crippen molar-refractivity contribution in [1.29, 1.82) is 0 Å². The summed E-state index contributed by atoms with van der Waals surface area (Å²) >= 11 is 0. The Labute approximate surface area is 67.0 Å². The maximum Gasteiger partial charge on any atom is 0.360 e. The summed E-state index contributed by atoms with van der Waals surface area (Å²) in [7, 11) is 1.95. The number of carbonyl (C=O) groups excluding carboxylic acids is 1. The van der Waals surface area contributed by atoms with Crippen LogP contribution >= 0.6 is 0 Å². The molecule has 0 aliphatic heterocycles. The lowest BCUT2D eigenvalue weighted by Gasteiger charge is -2.02. The second-order valence-corrected chi connectivity index (χ2v) is 2.00. The van der Waals surface area contributed by atoms with E-state index in [1.54, 1.807) is 7.11 Å². The van der Waals surface area contributed by atoms with Gasteiger partial charge in [-0.15, -0.1) is 0 Å². The SMILES string of the molecule is COBNCC(=O)NCCN. The third kappa shape index (κ3) is 7.31. The van der Waals surface area contributed by atoms with Crippen LogP contribution in [0.15, 0.2) is 0 Å². The summed E-state index contributed by atoms with van der Waals surface area (Å²) in [6, 6.07) is 0. The average molecular weight is 159 g/mol. The fourth-order valence-electron chi connectivity index (χ4n) is 0.541. The van der Waals surface area contributed by atoms with Gasteiger partial charge in [-0.05, 0) is 0 Å². The van der Waals surface area contributed by atoms with Crippen molar-refractivity contribution in [3.05, 3.63) is 0 Å². The van der Waals surface area contributed by atoms with Gasteiger partial charge in [0.05, 0.1) is 6.54 Å². The van der Waals surface area contributed by atoms with E-state index >= 15 is 0 Å². The molecule has 0 saturated carbocycles. The van der Waals surface area contributed by atoms with Gasteiger partial charge < -0.3 is 20.9 Å². The highest BCUT2D eigenvalue weighted by molar-refractivity contribution is 6.24. The maximum absolute atomic E-state index is 10.8. The summed E-state index contributed by atoms with van der Waals surface area (Å²) in [6.07, 6.45) is 0. The van der Waals surface area contributed by atoms with E-state index in [1.807, 2.05) is 0 Å². The molecule has 0 aliphatic rings. The van der Waals surface area contributed by atoms with Crippen molar-refractivity contribution in [2.75, 3.05) is 26.7 Å². The van der Waals surface area contributed by atoms with Gasteiger partial charge in [-0.1, -0.05) is 0 Å². The van der Waals surface area contributed by atoms with Gasteiger partial charge in [0.2, 0.25) is 5.91 Å². The Bertz CT molecular complexity index is 112. The van der Waals surface area contributed by atoms with Crippen molar-refractivity contribution in [2.45, 2.75) is 0 Å².